The molecular weight excluding hydrogens is 370 g/mol. The molecule has 0 radical (unpaired) electrons. The Bertz CT molecular complexity index is 850. The van der Waals surface area contributed by atoms with Gasteiger partial charge in [-0.3, -0.25) is 19.6 Å². The molecule has 0 bridgehead atoms. The second-order valence-corrected chi connectivity index (χ2v) is 7.47. The summed E-state index contributed by atoms with van der Waals surface area (Å²) in [6, 6.07) is 7.54. The molecule has 8 heteroatoms. The standard InChI is InChI=1S/C21H29N5O3/c1-15-6-4-7-17(12-15)29-11-5-8-22-20(27)19-14-26(10-9-25(19)3)21(28)18-13-23-24-16(18)2/h4,6-7,12-13,19H,5,8-11,14H2,1-3H3,(H,22,27)(H,23,24)/t19-/m1/s1. The van der Waals surface area contributed by atoms with E-state index in [0.717, 1.165) is 17.0 Å². The van der Waals surface area contributed by atoms with Crippen LogP contribution in [0.1, 0.15) is 28.0 Å². The minimum atomic E-state index is -0.363. The van der Waals surface area contributed by atoms with Gasteiger partial charge < -0.3 is 15.0 Å². The maximum absolute atomic E-state index is 12.7. The van der Waals surface area contributed by atoms with Crippen molar-refractivity contribution in [2.75, 3.05) is 39.8 Å². The van der Waals surface area contributed by atoms with Crippen LogP contribution in [0.5, 0.6) is 5.75 Å². The Morgan fingerprint density at radius 2 is 2.14 bits per heavy atom. The number of hydrogen-bond acceptors (Lipinski definition) is 5. The van der Waals surface area contributed by atoms with Gasteiger partial charge in [-0.1, -0.05) is 12.1 Å². The number of carbonyl (C=O) groups is 2. The van der Waals surface area contributed by atoms with Crippen molar-refractivity contribution in [1.29, 1.82) is 0 Å². The first-order chi connectivity index (χ1) is 14.0. The van der Waals surface area contributed by atoms with Gasteiger partial charge in [0.15, 0.2) is 0 Å². The molecule has 1 aromatic carbocycles. The first-order valence-electron chi connectivity index (χ1n) is 9.92. The molecule has 1 saturated heterocycles. The van der Waals surface area contributed by atoms with E-state index in [9.17, 15) is 9.59 Å². The van der Waals surface area contributed by atoms with Crippen LogP contribution in [-0.4, -0.2) is 77.7 Å². The predicted molar refractivity (Wildman–Crippen MR) is 110 cm³/mol. The fourth-order valence-corrected chi connectivity index (χ4v) is 3.37. The number of nitrogens with one attached hydrogen (secondary N) is 2. The quantitative estimate of drug-likeness (QED) is 0.687. The fraction of sp³-hybridized carbons (Fsp3) is 0.476. The Labute approximate surface area is 171 Å². The van der Waals surface area contributed by atoms with Gasteiger partial charge in [0.25, 0.3) is 5.91 Å². The van der Waals surface area contributed by atoms with Gasteiger partial charge in [0, 0.05) is 31.9 Å². The Morgan fingerprint density at radius 3 is 2.86 bits per heavy atom. The number of ether oxygens (including phenoxy) is 1. The number of piperazine rings is 1. The van der Waals surface area contributed by atoms with Crippen LogP contribution < -0.4 is 10.1 Å². The summed E-state index contributed by atoms with van der Waals surface area (Å²) in [6.45, 7) is 6.52. The van der Waals surface area contributed by atoms with Crippen LogP contribution in [0.4, 0.5) is 0 Å². The van der Waals surface area contributed by atoms with Crippen molar-refractivity contribution in [2.24, 2.45) is 0 Å². The van der Waals surface area contributed by atoms with Crippen LogP contribution in [-0.2, 0) is 4.79 Å². The first-order valence-corrected chi connectivity index (χ1v) is 9.92. The number of H-pyrrole nitrogens is 1. The van der Waals surface area contributed by atoms with Crippen molar-refractivity contribution < 1.29 is 14.3 Å². The van der Waals surface area contributed by atoms with Gasteiger partial charge in [0.2, 0.25) is 5.91 Å². The van der Waals surface area contributed by atoms with Crippen molar-refractivity contribution in [3.8, 4) is 5.75 Å². The summed E-state index contributed by atoms with van der Waals surface area (Å²) in [5.41, 5.74) is 2.45. The van der Waals surface area contributed by atoms with Crippen molar-refractivity contribution in [3.63, 3.8) is 0 Å². The van der Waals surface area contributed by atoms with Crippen molar-refractivity contribution in [3.05, 3.63) is 47.3 Å². The Hall–Kier alpha value is -2.87. The molecule has 1 atom stereocenters. The molecule has 156 valence electrons. The highest BCUT2D eigenvalue weighted by Crippen LogP contribution is 2.14. The molecule has 1 fully saturated rings. The summed E-state index contributed by atoms with van der Waals surface area (Å²) in [7, 11) is 1.91. The number of nitrogens with zero attached hydrogens (tertiary/aromatic N) is 3. The largest absolute Gasteiger partial charge is 0.494 e. The number of benzene rings is 1. The maximum atomic E-state index is 12.7. The van der Waals surface area contributed by atoms with Gasteiger partial charge in [0.1, 0.15) is 11.8 Å². The molecule has 2 amide bonds. The zero-order chi connectivity index (χ0) is 20.8. The lowest BCUT2D eigenvalue weighted by Crippen LogP contribution is -2.58. The van der Waals surface area contributed by atoms with Gasteiger partial charge >= 0.3 is 0 Å². The lowest BCUT2D eigenvalue weighted by Gasteiger charge is -2.38. The molecule has 1 aliphatic rings. The highest BCUT2D eigenvalue weighted by molar-refractivity contribution is 5.95. The van der Waals surface area contributed by atoms with Gasteiger partial charge in [0.05, 0.1) is 18.4 Å². The molecule has 0 saturated carbocycles. The van der Waals surface area contributed by atoms with Crippen LogP contribution in [0.15, 0.2) is 30.5 Å². The monoisotopic (exact) mass is 399 g/mol. The second-order valence-electron chi connectivity index (χ2n) is 7.47. The van der Waals surface area contributed by atoms with Crippen LogP contribution in [0.2, 0.25) is 0 Å². The zero-order valence-electron chi connectivity index (χ0n) is 17.3. The van der Waals surface area contributed by atoms with E-state index in [1.807, 2.05) is 50.1 Å². The van der Waals surface area contributed by atoms with E-state index in [0.29, 0.717) is 44.8 Å². The minimum absolute atomic E-state index is 0.0653. The van der Waals surface area contributed by atoms with Crippen LogP contribution in [0, 0.1) is 13.8 Å². The summed E-state index contributed by atoms with van der Waals surface area (Å²) in [4.78, 5) is 29.1. The molecule has 1 aromatic heterocycles. The van der Waals surface area contributed by atoms with Crippen molar-refractivity contribution in [2.45, 2.75) is 26.3 Å². The first kappa shape index (κ1) is 20.9. The zero-order valence-corrected chi connectivity index (χ0v) is 17.3. The summed E-state index contributed by atoms with van der Waals surface area (Å²) < 4.78 is 5.71. The third-order valence-electron chi connectivity index (χ3n) is 5.18. The fourth-order valence-electron chi connectivity index (χ4n) is 3.37. The molecule has 0 spiro atoms. The number of aromatic amines is 1. The molecule has 29 heavy (non-hydrogen) atoms. The average Bonchev–Trinajstić information content (AvgIpc) is 3.13. The second kappa shape index (κ2) is 9.56. The summed E-state index contributed by atoms with van der Waals surface area (Å²) >= 11 is 0. The SMILES string of the molecule is Cc1cccc(OCCCNC(=O)[C@H]2CN(C(=O)c3cn[nH]c3C)CCN2C)c1. The molecule has 0 unspecified atom stereocenters. The van der Waals surface area contributed by atoms with Gasteiger partial charge in [-0.05, 0) is 45.0 Å². The van der Waals surface area contributed by atoms with E-state index in [4.69, 9.17) is 4.74 Å². The topological polar surface area (TPSA) is 90.6 Å². The maximum Gasteiger partial charge on any atom is 0.257 e. The molecule has 2 N–H and O–H groups in total. The number of carbonyl (C=O) groups excluding carboxylic acids is 2. The van der Waals surface area contributed by atoms with Gasteiger partial charge in [-0.15, -0.1) is 0 Å². The van der Waals surface area contributed by atoms with Crippen molar-refractivity contribution >= 4 is 11.8 Å². The molecule has 2 heterocycles. The van der Waals surface area contributed by atoms with Crippen LogP contribution >= 0.6 is 0 Å². The van der Waals surface area contributed by atoms with E-state index in [1.54, 1.807) is 11.1 Å². The number of aryl methyl sites for hydroxylation is 2. The Kier molecular flexibility index (Phi) is 6.87. The normalized spacial score (nSPS) is 17.2. The molecule has 2 aromatic rings. The van der Waals surface area contributed by atoms with E-state index >= 15 is 0 Å². The van der Waals surface area contributed by atoms with E-state index < -0.39 is 0 Å². The number of aromatic nitrogens is 2. The Balaban J connectivity index is 1.45. The third kappa shape index (κ3) is 5.35. The summed E-state index contributed by atoms with van der Waals surface area (Å²) in [6.07, 6.45) is 2.26. The van der Waals surface area contributed by atoms with E-state index in [-0.39, 0.29) is 17.9 Å². The molecule has 0 aliphatic carbocycles. The molecular formula is C21H29N5O3. The third-order valence-corrected chi connectivity index (χ3v) is 5.18. The minimum Gasteiger partial charge on any atom is -0.494 e. The average molecular weight is 399 g/mol. The number of hydrogen-bond donors (Lipinski definition) is 2. The smallest absolute Gasteiger partial charge is 0.257 e. The summed E-state index contributed by atoms with van der Waals surface area (Å²) in [5, 5.41) is 9.67. The number of amides is 2. The lowest BCUT2D eigenvalue weighted by atomic mass is 10.1. The van der Waals surface area contributed by atoms with Gasteiger partial charge in [-0.25, -0.2) is 0 Å². The Morgan fingerprint density at radius 1 is 1.31 bits per heavy atom. The predicted octanol–water partition coefficient (Wildman–Crippen LogP) is 1.37. The lowest BCUT2D eigenvalue weighted by molar-refractivity contribution is -0.127. The number of likely N-dealkylation sites (N-methyl/N-ethyl adjacent to an activating group) is 1. The highest BCUT2D eigenvalue weighted by Gasteiger charge is 2.33. The van der Waals surface area contributed by atoms with E-state index in [2.05, 4.69) is 15.5 Å². The van der Waals surface area contributed by atoms with Crippen LogP contribution in [0.3, 0.4) is 0 Å². The van der Waals surface area contributed by atoms with Crippen LogP contribution in [0.25, 0.3) is 0 Å². The van der Waals surface area contributed by atoms with Crippen molar-refractivity contribution in [1.82, 2.24) is 25.3 Å². The van der Waals surface area contributed by atoms with Gasteiger partial charge in [-0.2, -0.15) is 5.10 Å². The van der Waals surface area contributed by atoms with E-state index in [1.165, 1.54) is 0 Å². The molecule has 8 nitrogen and oxygen atoms in total. The molecule has 1 aliphatic heterocycles. The summed E-state index contributed by atoms with van der Waals surface area (Å²) in [5.74, 6) is 0.685. The highest BCUT2D eigenvalue weighted by atomic mass is 16.5. The number of rotatable bonds is 7. The molecule has 3 rings (SSSR count).